The SMILES string of the molecule is CC1Cc2ccc(Nc3ncc(Cl)c(NCc4nccnc4N(C)S(C)(=O)=O)n3)cc2CCN1C(=O)OC(C)(C)C. The summed E-state index contributed by atoms with van der Waals surface area (Å²) in [6, 6.07) is 6.05. The van der Waals surface area contributed by atoms with Crippen molar-refractivity contribution in [2.24, 2.45) is 0 Å². The van der Waals surface area contributed by atoms with E-state index in [0.29, 0.717) is 30.4 Å². The first kappa shape index (κ1) is 30.3. The molecule has 12 nitrogen and oxygen atoms in total. The summed E-state index contributed by atoms with van der Waals surface area (Å²) in [5.41, 5.74) is 2.95. The van der Waals surface area contributed by atoms with Crippen molar-refractivity contribution in [1.29, 1.82) is 0 Å². The lowest BCUT2D eigenvalue weighted by Crippen LogP contribution is -2.43. The maximum absolute atomic E-state index is 12.8. The number of sulfonamides is 1. The summed E-state index contributed by atoms with van der Waals surface area (Å²) < 4.78 is 30.7. The van der Waals surface area contributed by atoms with E-state index >= 15 is 0 Å². The molecule has 4 rings (SSSR count). The Bertz CT molecular complexity index is 1530. The topological polar surface area (TPSA) is 143 Å². The fraction of sp³-hybridized carbons (Fsp3) is 0.444. The molecule has 0 bridgehead atoms. The molecule has 41 heavy (non-hydrogen) atoms. The third kappa shape index (κ3) is 7.73. The van der Waals surface area contributed by atoms with Gasteiger partial charge in [0.2, 0.25) is 16.0 Å². The van der Waals surface area contributed by atoms with Crippen LogP contribution in [-0.4, -0.2) is 70.8 Å². The third-order valence-corrected chi connectivity index (χ3v) is 7.92. The van der Waals surface area contributed by atoms with Crippen LogP contribution in [-0.2, 0) is 34.1 Å². The Kier molecular flexibility index (Phi) is 8.88. The number of fused-ring (bicyclic) bond motifs is 1. The van der Waals surface area contributed by atoms with Crippen LogP contribution < -0.4 is 14.9 Å². The molecule has 0 radical (unpaired) electrons. The highest BCUT2D eigenvalue weighted by Gasteiger charge is 2.28. The Balaban J connectivity index is 1.47. The molecule has 2 N–H and O–H groups in total. The van der Waals surface area contributed by atoms with Crippen LogP contribution in [0.2, 0.25) is 5.02 Å². The van der Waals surface area contributed by atoms with Crippen molar-refractivity contribution < 1.29 is 17.9 Å². The molecule has 0 aliphatic carbocycles. The second-order valence-corrected chi connectivity index (χ2v) is 13.3. The average molecular weight is 603 g/mol. The lowest BCUT2D eigenvalue weighted by Gasteiger charge is -2.30. The first-order valence-electron chi connectivity index (χ1n) is 13.1. The van der Waals surface area contributed by atoms with Crippen LogP contribution >= 0.6 is 11.6 Å². The van der Waals surface area contributed by atoms with Crippen LogP contribution in [0.4, 0.5) is 28.1 Å². The molecule has 1 aliphatic heterocycles. The Morgan fingerprint density at radius 1 is 1.20 bits per heavy atom. The van der Waals surface area contributed by atoms with E-state index < -0.39 is 15.6 Å². The normalized spacial score (nSPS) is 15.5. The molecule has 1 atom stereocenters. The molecule has 0 spiro atoms. The van der Waals surface area contributed by atoms with E-state index in [-0.39, 0.29) is 29.5 Å². The van der Waals surface area contributed by atoms with Crippen molar-refractivity contribution in [1.82, 2.24) is 24.8 Å². The molecule has 2 aromatic heterocycles. The molecule has 14 heteroatoms. The molecule has 0 fully saturated rings. The number of hydrogen-bond acceptors (Lipinski definition) is 10. The van der Waals surface area contributed by atoms with Crippen LogP contribution in [0.3, 0.4) is 0 Å². The number of rotatable bonds is 7. The number of carbonyl (C=O) groups is 1. The number of benzene rings is 1. The van der Waals surface area contributed by atoms with Gasteiger partial charge < -0.3 is 20.3 Å². The smallest absolute Gasteiger partial charge is 0.410 e. The number of amides is 1. The largest absolute Gasteiger partial charge is 0.444 e. The van der Waals surface area contributed by atoms with Crippen LogP contribution in [0.15, 0.2) is 36.8 Å². The molecule has 220 valence electrons. The van der Waals surface area contributed by atoms with Crippen molar-refractivity contribution >= 4 is 51.0 Å². The maximum Gasteiger partial charge on any atom is 0.410 e. The monoisotopic (exact) mass is 602 g/mol. The molecule has 1 aromatic carbocycles. The predicted molar refractivity (Wildman–Crippen MR) is 159 cm³/mol. The number of aromatic nitrogens is 4. The summed E-state index contributed by atoms with van der Waals surface area (Å²) in [7, 11) is -2.11. The van der Waals surface area contributed by atoms with Gasteiger partial charge in [-0.15, -0.1) is 0 Å². The number of hydrogen-bond donors (Lipinski definition) is 2. The Hall–Kier alpha value is -3.71. The zero-order valence-corrected chi connectivity index (χ0v) is 25.5. The molecule has 0 saturated carbocycles. The van der Waals surface area contributed by atoms with Gasteiger partial charge in [-0.05, 0) is 63.8 Å². The van der Waals surface area contributed by atoms with Gasteiger partial charge in [-0.25, -0.2) is 23.2 Å². The third-order valence-electron chi connectivity index (χ3n) is 6.47. The van der Waals surface area contributed by atoms with Gasteiger partial charge in [0, 0.05) is 37.7 Å². The predicted octanol–water partition coefficient (Wildman–Crippen LogP) is 4.40. The zero-order chi connectivity index (χ0) is 29.9. The number of carbonyl (C=O) groups excluding carboxylic acids is 1. The molecule has 0 saturated heterocycles. The lowest BCUT2D eigenvalue weighted by molar-refractivity contribution is 0.0185. The molecule has 3 aromatic rings. The first-order chi connectivity index (χ1) is 19.2. The second-order valence-electron chi connectivity index (χ2n) is 10.9. The van der Waals surface area contributed by atoms with E-state index in [4.69, 9.17) is 16.3 Å². The highest BCUT2D eigenvalue weighted by molar-refractivity contribution is 7.92. The van der Waals surface area contributed by atoms with E-state index in [1.54, 1.807) is 4.90 Å². The van der Waals surface area contributed by atoms with Gasteiger partial charge in [0.05, 0.1) is 19.0 Å². The average Bonchev–Trinajstić information content (AvgIpc) is 3.05. The number of nitrogens with zero attached hydrogens (tertiary/aromatic N) is 6. The Morgan fingerprint density at radius 3 is 2.63 bits per heavy atom. The van der Waals surface area contributed by atoms with Crippen LogP contribution in [0.5, 0.6) is 0 Å². The highest BCUT2D eigenvalue weighted by Crippen LogP contribution is 2.27. The van der Waals surface area contributed by atoms with Crippen LogP contribution in [0.1, 0.15) is 44.5 Å². The van der Waals surface area contributed by atoms with Gasteiger partial charge in [-0.2, -0.15) is 4.98 Å². The number of anilines is 4. The minimum Gasteiger partial charge on any atom is -0.444 e. The summed E-state index contributed by atoms with van der Waals surface area (Å²) in [5, 5.41) is 6.61. The van der Waals surface area contributed by atoms with Gasteiger partial charge in [0.25, 0.3) is 0 Å². The second kappa shape index (κ2) is 12.0. The van der Waals surface area contributed by atoms with Crippen molar-refractivity contribution in [3.05, 3.63) is 58.6 Å². The summed E-state index contributed by atoms with van der Waals surface area (Å²) in [4.78, 5) is 31.8. The van der Waals surface area contributed by atoms with Crippen molar-refractivity contribution in [2.75, 3.05) is 34.8 Å². The number of halogens is 1. The Morgan fingerprint density at radius 2 is 1.93 bits per heavy atom. The molecule has 1 unspecified atom stereocenters. The standard InChI is InChI=1S/C27H35ClN8O4S/c1-17-13-18-7-8-20(14-19(18)9-12-36(17)26(37)40-27(2,3)4)33-25-32-15-21(28)23(34-25)31-16-22-24(30-11-10-29-22)35(5)41(6,38)39/h7-8,10-11,14-15,17H,9,12-13,16H2,1-6H3,(H2,31,32,33,34). The van der Waals surface area contributed by atoms with E-state index in [1.165, 1.54) is 31.2 Å². The van der Waals surface area contributed by atoms with Crippen LogP contribution in [0, 0.1) is 0 Å². The summed E-state index contributed by atoms with van der Waals surface area (Å²) in [5.74, 6) is 0.872. The van der Waals surface area contributed by atoms with Gasteiger partial charge in [0.1, 0.15) is 16.3 Å². The quantitative estimate of drug-likeness (QED) is 0.399. The summed E-state index contributed by atoms with van der Waals surface area (Å²) in [6.45, 7) is 8.31. The minimum absolute atomic E-state index is 0.00480. The van der Waals surface area contributed by atoms with Gasteiger partial charge in [0.15, 0.2) is 11.6 Å². The summed E-state index contributed by atoms with van der Waals surface area (Å²) in [6.07, 6.45) is 6.58. The van der Waals surface area contributed by atoms with Crippen molar-refractivity contribution in [3.63, 3.8) is 0 Å². The maximum atomic E-state index is 12.8. The first-order valence-corrected chi connectivity index (χ1v) is 15.3. The molecular weight excluding hydrogens is 568 g/mol. The van der Waals surface area contributed by atoms with E-state index in [9.17, 15) is 13.2 Å². The number of ether oxygens (including phenoxy) is 1. The van der Waals surface area contributed by atoms with Gasteiger partial charge in [-0.3, -0.25) is 9.29 Å². The van der Waals surface area contributed by atoms with Crippen LogP contribution in [0.25, 0.3) is 0 Å². The fourth-order valence-electron chi connectivity index (χ4n) is 4.37. The van der Waals surface area contributed by atoms with E-state index in [0.717, 1.165) is 28.2 Å². The van der Waals surface area contributed by atoms with E-state index in [1.807, 2.05) is 39.8 Å². The van der Waals surface area contributed by atoms with Gasteiger partial charge in [-0.1, -0.05) is 17.7 Å². The molecular formula is C27H35ClN8O4S. The molecule has 3 heterocycles. The molecule has 1 aliphatic rings. The lowest BCUT2D eigenvalue weighted by atomic mass is 10.00. The van der Waals surface area contributed by atoms with Crippen molar-refractivity contribution in [2.45, 2.75) is 58.7 Å². The van der Waals surface area contributed by atoms with Crippen molar-refractivity contribution in [3.8, 4) is 0 Å². The number of nitrogens with one attached hydrogen (secondary N) is 2. The molecule has 1 amide bonds. The highest BCUT2D eigenvalue weighted by atomic mass is 35.5. The van der Waals surface area contributed by atoms with Gasteiger partial charge >= 0.3 is 6.09 Å². The minimum atomic E-state index is -3.52. The zero-order valence-electron chi connectivity index (χ0n) is 24.0. The summed E-state index contributed by atoms with van der Waals surface area (Å²) >= 11 is 6.35. The van der Waals surface area contributed by atoms with E-state index in [2.05, 4.69) is 36.6 Å². The fourth-order valence-corrected chi connectivity index (χ4v) is 4.99. The Labute approximate surface area is 245 Å².